The molecule has 0 bridgehead atoms. The molecule has 0 aromatic heterocycles. The first-order valence-corrected chi connectivity index (χ1v) is 7.35. The second-order valence-electron chi connectivity index (χ2n) is 5.43. The van der Waals surface area contributed by atoms with E-state index in [0.717, 1.165) is 25.7 Å². The molecule has 1 rings (SSSR count). The van der Waals surface area contributed by atoms with E-state index < -0.39 is 18.0 Å². The van der Waals surface area contributed by atoms with Gasteiger partial charge in [-0.2, -0.15) is 0 Å². The third-order valence-corrected chi connectivity index (χ3v) is 3.91. The molecule has 0 aliphatic heterocycles. The van der Waals surface area contributed by atoms with Crippen LogP contribution in [0.2, 0.25) is 0 Å². The number of carboxylic acid groups (broad SMARTS) is 1. The number of ether oxygens (including phenoxy) is 1. The van der Waals surface area contributed by atoms with Gasteiger partial charge in [0.15, 0.2) is 0 Å². The third kappa shape index (κ3) is 5.77. The fourth-order valence-corrected chi connectivity index (χ4v) is 2.67. The van der Waals surface area contributed by atoms with E-state index in [9.17, 15) is 9.59 Å². The quantitative estimate of drug-likeness (QED) is 0.665. The molecule has 6 nitrogen and oxygen atoms in total. The maximum atomic E-state index is 11.9. The van der Waals surface area contributed by atoms with Crippen molar-refractivity contribution in [3.8, 4) is 0 Å². The van der Waals surface area contributed by atoms with Crippen molar-refractivity contribution < 1.29 is 19.4 Å². The van der Waals surface area contributed by atoms with E-state index in [4.69, 9.17) is 9.84 Å². The van der Waals surface area contributed by atoms with Crippen LogP contribution in [-0.2, 0) is 9.53 Å². The average molecular weight is 286 g/mol. The third-order valence-electron chi connectivity index (χ3n) is 3.91. The lowest BCUT2D eigenvalue weighted by Gasteiger charge is -2.29. The second-order valence-corrected chi connectivity index (χ2v) is 5.43. The number of carbonyl (C=O) groups is 2. The first-order valence-electron chi connectivity index (χ1n) is 7.35. The molecular formula is C14H26N2O4. The Hall–Kier alpha value is -1.30. The smallest absolute Gasteiger partial charge is 0.326 e. The Morgan fingerprint density at radius 2 is 2.15 bits per heavy atom. The second kappa shape index (κ2) is 8.79. The number of hydrogen-bond donors (Lipinski definition) is 3. The molecule has 1 aliphatic carbocycles. The minimum Gasteiger partial charge on any atom is -0.480 e. The molecule has 3 N–H and O–H groups in total. The van der Waals surface area contributed by atoms with E-state index >= 15 is 0 Å². The lowest BCUT2D eigenvalue weighted by molar-refractivity contribution is -0.139. The van der Waals surface area contributed by atoms with E-state index in [1.807, 2.05) is 0 Å². The summed E-state index contributed by atoms with van der Waals surface area (Å²) in [5.41, 5.74) is 0. The zero-order chi connectivity index (χ0) is 15.0. The van der Waals surface area contributed by atoms with Gasteiger partial charge in [-0.25, -0.2) is 9.59 Å². The van der Waals surface area contributed by atoms with Crippen LogP contribution in [0.5, 0.6) is 0 Å². The first kappa shape index (κ1) is 16.8. The zero-order valence-corrected chi connectivity index (χ0v) is 12.4. The van der Waals surface area contributed by atoms with Crippen molar-refractivity contribution in [3.63, 3.8) is 0 Å². The summed E-state index contributed by atoms with van der Waals surface area (Å²) in [6.45, 7) is 2.47. The number of carbonyl (C=O) groups excluding carboxylic acids is 1. The van der Waals surface area contributed by atoms with Crippen molar-refractivity contribution in [1.82, 2.24) is 10.6 Å². The van der Waals surface area contributed by atoms with Crippen LogP contribution in [0.25, 0.3) is 0 Å². The molecule has 116 valence electrons. The summed E-state index contributed by atoms with van der Waals surface area (Å²) in [4.78, 5) is 22.9. The minimum absolute atomic E-state index is 0.158. The van der Waals surface area contributed by atoms with Gasteiger partial charge in [0.05, 0.1) is 0 Å². The highest BCUT2D eigenvalue weighted by Crippen LogP contribution is 2.26. The highest BCUT2D eigenvalue weighted by atomic mass is 16.5. The van der Waals surface area contributed by atoms with Crippen LogP contribution >= 0.6 is 0 Å². The summed E-state index contributed by atoms with van der Waals surface area (Å²) in [7, 11) is 1.51. The van der Waals surface area contributed by atoms with Gasteiger partial charge in [0.1, 0.15) is 6.04 Å². The van der Waals surface area contributed by atoms with E-state index in [1.54, 1.807) is 0 Å². The fourth-order valence-electron chi connectivity index (χ4n) is 2.67. The van der Waals surface area contributed by atoms with E-state index in [0.29, 0.717) is 12.5 Å². The predicted octanol–water partition coefficient (Wildman–Crippen LogP) is 1.74. The molecule has 3 atom stereocenters. The molecular weight excluding hydrogens is 260 g/mol. The van der Waals surface area contributed by atoms with Gasteiger partial charge < -0.3 is 20.5 Å². The molecule has 0 heterocycles. The number of nitrogens with one attached hydrogen (secondary N) is 2. The first-order chi connectivity index (χ1) is 9.56. The van der Waals surface area contributed by atoms with Crippen molar-refractivity contribution >= 4 is 12.0 Å². The van der Waals surface area contributed by atoms with Gasteiger partial charge in [0.2, 0.25) is 0 Å². The molecule has 0 aromatic carbocycles. The Bertz CT molecular complexity index is 322. The van der Waals surface area contributed by atoms with Gasteiger partial charge in [-0.15, -0.1) is 0 Å². The summed E-state index contributed by atoms with van der Waals surface area (Å²) in [5.74, 6) is -0.370. The molecule has 1 saturated carbocycles. The Morgan fingerprint density at radius 3 is 2.75 bits per heavy atom. The molecule has 0 radical (unpaired) electrons. The average Bonchev–Trinajstić information content (AvgIpc) is 2.43. The van der Waals surface area contributed by atoms with E-state index in [2.05, 4.69) is 17.6 Å². The maximum Gasteiger partial charge on any atom is 0.326 e. The standard InChI is InChI=1S/C14H26N2O4/c1-3-10-5-4-6-11(9-10)15-14(19)16-12(13(17)18)7-8-20-2/h10-12H,3-9H2,1-2H3,(H,17,18)(H2,15,16,19). The molecule has 6 heteroatoms. The molecule has 3 unspecified atom stereocenters. The van der Waals surface area contributed by atoms with Crippen LogP contribution in [0, 0.1) is 5.92 Å². The normalized spacial score (nSPS) is 23.9. The van der Waals surface area contributed by atoms with Gasteiger partial charge in [-0.3, -0.25) is 0 Å². The Kier molecular flexibility index (Phi) is 7.36. The van der Waals surface area contributed by atoms with Crippen molar-refractivity contribution in [2.75, 3.05) is 13.7 Å². The Balaban J connectivity index is 2.38. The number of hydrogen-bond acceptors (Lipinski definition) is 3. The number of carboxylic acids is 1. The van der Waals surface area contributed by atoms with Crippen LogP contribution in [0.3, 0.4) is 0 Å². The van der Waals surface area contributed by atoms with E-state index in [1.165, 1.54) is 13.5 Å². The number of urea groups is 1. The SMILES string of the molecule is CCC1CCCC(NC(=O)NC(CCOC)C(=O)O)C1. The topological polar surface area (TPSA) is 87.7 Å². The van der Waals surface area contributed by atoms with Gasteiger partial charge in [0, 0.05) is 26.2 Å². The molecule has 1 fully saturated rings. The summed E-state index contributed by atoms with van der Waals surface area (Å²) < 4.78 is 4.85. The largest absolute Gasteiger partial charge is 0.480 e. The molecule has 1 aliphatic rings. The summed E-state index contributed by atoms with van der Waals surface area (Å²) in [6.07, 6.45) is 5.70. The maximum absolute atomic E-state index is 11.9. The highest BCUT2D eigenvalue weighted by molar-refractivity contribution is 5.82. The number of aliphatic carboxylic acids is 1. The zero-order valence-electron chi connectivity index (χ0n) is 12.4. The summed E-state index contributed by atoms with van der Waals surface area (Å²) >= 11 is 0. The lowest BCUT2D eigenvalue weighted by Crippen LogP contribution is -2.50. The fraction of sp³-hybridized carbons (Fsp3) is 0.857. The molecule has 0 spiro atoms. The van der Waals surface area contributed by atoms with Gasteiger partial charge >= 0.3 is 12.0 Å². The summed E-state index contributed by atoms with van der Waals surface area (Å²) in [6, 6.07) is -1.14. The van der Waals surface area contributed by atoms with Crippen molar-refractivity contribution in [1.29, 1.82) is 0 Å². The molecule has 0 aromatic rings. The predicted molar refractivity (Wildman–Crippen MR) is 75.6 cm³/mol. The summed E-state index contributed by atoms with van der Waals surface area (Å²) in [5, 5.41) is 14.4. The minimum atomic E-state index is -1.03. The van der Waals surface area contributed by atoms with Crippen LogP contribution in [0.1, 0.15) is 45.4 Å². The Labute approximate surface area is 120 Å². The number of amides is 2. The molecule has 2 amide bonds. The Morgan fingerprint density at radius 1 is 1.40 bits per heavy atom. The van der Waals surface area contributed by atoms with Gasteiger partial charge in [-0.1, -0.05) is 26.2 Å². The monoisotopic (exact) mass is 286 g/mol. The van der Waals surface area contributed by atoms with Crippen LogP contribution in [0.15, 0.2) is 0 Å². The molecule has 0 saturated heterocycles. The number of methoxy groups -OCH3 is 1. The van der Waals surface area contributed by atoms with Crippen LogP contribution in [0.4, 0.5) is 4.79 Å². The van der Waals surface area contributed by atoms with Crippen molar-refractivity contribution in [3.05, 3.63) is 0 Å². The highest BCUT2D eigenvalue weighted by Gasteiger charge is 2.24. The number of rotatable bonds is 7. The van der Waals surface area contributed by atoms with Gasteiger partial charge in [-0.05, 0) is 18.8 Å². The van der Waals surface area contributed by atoms with Crippen LogP contribution < -0.4 is 10.6 Å². The molecule has 20 heavy (non-hydrogen) atoms. The van der Waals surface area contributed by atoms with Crippen LogP contribution in [-0.4, -0.2) is 42.9 Å². The van der Waals surface area contributed by atoms with Crippen molar-refractivity contribution in [2.45, 2.75) is 57.5 Å². The lowest BCUT2D eigenvalue weighted by atomic mass is 9.84. The van der Waals surface area contributed by atoms with E-state index in [-0.39, 0.29) is 12.5 Å². The van der Waals surface area contributed by atoms with Crippen molar-refractivity contribution in [2.24, 2.45) is 5.92 Å². The van der Waals surface area contributed by atoms with Gasteiger partial charge in [0.25, 0.3) is 0 Å².